The van der Waals surface area contributed by atoms with E-state index in [1.165, 1.54) is 360 Å². The molecule has 79 heavy (non-hydrogen) atoms. The van der Waals surface area contributed by atoms with Crippen molar-refractivity contribution in [1.29, 1.82) is 0 Å². The number of hydrogen-bond donors (Lipinski definition) is 3. The lowest BCUT2D eigenvalue weighted by Crippen LogP contribution is -2.45. The first-order valence-electron chi connectivity index (χ1n) is 36.8. The minimum atomic E-state index is -0.665. The van der Waals surface area contributed by atoms with Crippen molar-refractivity contribution in [2.45, 2.75) is 443 Å². The molecular formula is C73H145NO5. The van der Waals surface area contributed by atoms with E-state index in [4.69, 9.17) is 4.74 Å². The van der Waals surface area contributed by atoms with Gasteiger partial charge in [-0.3, -0.25) is 9.59 Å². The molecule has 0 aromatic carbocycles. The summed E-state index contributed by atoms with van der Waals surface area (Å²) in [7, 11) is 0. The standard InChI is InChI=1S/C73H145NO5/c1-3-5-7-9-11-13-15-17-19-20-21-22-23-24-25-28-31-34-38-41-45-49-53-57-61-65-71(76)70(69-75)74-72(77)66-62-58-54-50-46-42-39-35-32-29-26-27-30-33-36-40-44-48-52-56-60-64-68-79-73(78)67-63-59-55-51-47-43-37-18-16-14-12-10-8-6-4-2/h70-71,75-76H,3-69H2,1-2H3,(H,74,77). The molecule has 2 atom stereocenters. The van der Waals surface area contributed by atoms with Crippen LogP contribution in [-0.4, -0.2) is 47.4 Å². The van der Waals surface area contributed by atoms with Gasteiger partial charge >= 0.3 is 5.97 Å². The highest BCUT2D eigenvalue weighted by Gasteiger charge is 2.20. The Labute approximate surface area is 496 Å². The lowest BCUT2D eigenvalue weighted by Gasteiger charge is -2.22. The summed E-state index contributed by atoms with van der Waals surface area (Å²) >= 11 is 0. The summed E-state index contributed by atoms with van der Waals surface area (Å²) in [5.41, 5.74) is 0. The Morgan fingerprint density at radius 3 is 0.772 bits per heavy atom. The van der Waals surface area contributed by atoms with Crippen LogP contribution in [0.25, 0.3) is 0 Å². The number of unbranched alkanes of at least 4 members (excludes halogenated alkanes) is 59. The highest BCUT2D eigenvalue weighted by Crippen LogP contribution is 2.20. The summed E-state index contributed by atoms with van der Waals surface area (Å²) < 4.78 is 5.50. The number of aliphatic hydroxyl groups excluding tert-OH is 2. The summed E-state index contributed by atoms with van der Waals surface area (Å²) in [5.74, 6) is -0.0109. The summed E-state index contributed by atoms with van der Waals surface area (Å²) in [6, 6.07) is -0.542. The molecule has 0 radical (unpaired) electrons. The van der Waals surface area contributed by atoms with E-state index in [1.54, 1.807) is 0 Å². The van der Waals surface area contributed by atoms with Gasteiger partial charge < -0.3 is 20.3 Å². The molecule has 0 aromatic heterocycles. The molecule has 0 rings (SSSR count). The van der Waals surface area contributed by atoms with E-state index >= 15 is 0 Å². The maximum Gasteiger partial charge on any atom is 0.305 e. The zero-order valence-electron chi connectivity index (χ0n) is 54.2. The van der Waals surface area contributed by atoms with Gasteiger partial charge in [-0.2, -0.15) is 0 Å². The molecule has 0 fully saturated rings. The van der Waals surface area contributed by atoms with Crippen molar-refractivity contribution >= 4 is 11.9 Å². The zero-order valence-corrected chi connectivity index (χ0v) is 54.2. The quantitative estimate of drug-likeness (QED) is 0.0417. The van der Waals surface area contributed by atoms with Crippen LogP contribution in [0.3, 0.4) is 0 Å². The maximum absolute atomic E-state index is 12.6. The Bertz CT molecular complexity index is 1150. The number of nitrogens with one attached hydrogen (secondary N) is 1. The van der Waals surface area contributed by atoms with E-state index in [2.05, 4.69) is 19.2 Å². The fourth-order valence-electron chi connectivity index (χ4n) is 12.1. The van der Waals surface area contributed by atoms with Crippen molar-refractivity contribution in [1.82, 2.24) is 5.32 Å². The lowest BCUT2D eigenvalue weighted by molar-refractivity contribution is -0.143. The van der Waals surface area contributed by atoms with E-state index in [1.807, 2.05) is 0 Å². The molecule has 2 unspecified atom stereocenters. The van der Waals surface area contributed by atoms with E-state index < -0.39 is 12.1 Å². The minimum Gasteiger partial charge on any atom is -0.466 e. The Morgan fingerprint density at radius 1 is 0.304 bits per heavy atom. The molecule has 0 heterocycles. The number of ether oxygens (including phenoxy) is 1. The van der Waals surface area contributed by atoms with Crippen LogP contribution in [0.5, 0.6) is 0 Å². The molecule has 0 saturated carbocycles. The van der Waals surface area contributed by atoms with Gasteiger partial charge in [-0.05, 0) is 25.7 Å². The normalized spacial score (nSPS) is 12.4. The van der Waals surface area contributed by atoms with Gasteiger partial charge in [-0.15, -0.1) is 0 Å². The van der Waals surface area contributed by atoms with Gasteiger partial charge in [0.25, 0.3) is 0 Å². The number of hydrogen-bond acceptors (Lipinski definition) is 5. The predicted molar refractivity (Wildman–Crippen MR) is 347 cm³/mol. The highest BCUT2D eigenvalue weighted by atomic mass is 16.5. The smallest absolute Gasteiger partial charge is 0.305 e. The van der Waals surface area contributed by atoms with Gasteiger partial charge in [0.1, 0.15) is 0 Å². The van der Waals surface area contributed by atoms with E-state index in [-0.39, 0.29) is 18.5 Å². The third-order valence-electron chi connectivity index (χ3n) is 17.7. The molecule has 472 valence electrons. The lowest BCUT2D eigenvalue weighted by atomic mass is 10.0. The molecule has 1 amide bonds. The van der Waals surface area contributed by atoms with Gasteiger partial charge in [0.05, 0.1) is 25.4 Å². The molecule has 6 nitrogen and oxygen atoms in total. The van der Waals surface area contributed by atoms with Gasteiger partial charge in [0.2, 0.25) is 5.91 Å². The second kappa shape index (κ2) is 69.4. The molecule has 0 aliphatic heterocycles. The molecule has 0 aliphatic rings. The predicted octanol–water partition coefficient (Wildman–Crippen LogP) is 23.8. The second-order valence-electron chi connectivity index (χ2n) is 25.6. The largest absolute Gasteiger partial charge is 0.466 e. The Kier molecular flexibility index (Phi) is 68.4. The number of carbonyl (C=O) groups is 2. The topological polar surface area (TPSA) is 95.9 Å². The number of aliphatic hydroxyl groups is 2. The van der Waals surface area contributed by atoms with Crippen LogP contribution in [0.1, 0.15) is 431 Å². The maximum atomic E-state index is 12.6. The summed E-state index contributed by atoms with van der Waals surface area (Å²) in [6.45, 7) is 5.01. The monoisotopic (exact) mass is 1120 g/mol. The molecule has 3 N–H and O–H groups in total. The second-order valence-corrected chi connectivity index (χ2v) is 25.6. The first kappa shape index (κ1) is 77.9. The number of amides is 1. The van der Waals surface area contributed by atoms with Crippen LogP contribution in [0.15, 0.2) is 0 Å². The van der Waals surface area contributed by atoms with Crippen molar-refractivity contribution in [2.24, 2.45) is 0 Å². The molecule has 0 saturated heterocycles. The van der Waals surface area contributed by atoms with Crippen molar-refractivity contribution in [2.75, 3.05) is 13.2 Å². The number of esters is 1. The van der Waals surface area contributed by atoms with Gasteiger partial charge in [-0.1, -0.05) is 393 Å². The molecule has 0 bridgehead atoms. The average Bonchev–Trinajstić information content (AvgIpc) is 3.45. The van der Waals surface area contributed by atoms with Crippen molar-refractivity contribution in [3.8, 4) is 0 Å². The molecule has 0 spiro atoms. The summed E-state index contributed by atoms with van der Waals surface area (Å²) in [4.78, 5) is 24.6. The number of carbonyl (C=O) groups excluding carboxylic acids is 2. The van der Waals surface area contributed by atoms with E-state index in [9.17, 15) is 19.8 Å². The van der Waals surface area contributed by atoms with Gasteiger partial charge in [0, 0.05) is 12.8 Å². The highest BCUT2D eigenvalue weighted by molar-refractivity contribution is 5.76. The Balaban J connectivity index is 3.36. The zero-order chi connectivity index (χ0) is 57.1. The molecule has 0 aliphatic carbocycles. The SMILES string of the molecule is CCCCCCCCCCCCCCCCCCCCCCCCCCCC(O)C(CO)NC(=O)CCCCCCCCCCCCCCCCCCCCCCCCOC(=O)CCCCCCCCCCCCCCCCC. The average molecular weight is 1120 g/mol. The summed E-state index contributed by atoms with van der Waals surface area (Å²) in [5, 5.41) is 23.5. The van der Waals surface area contributed by atoms with Crippen LogP contribution in [0, 0.1) is 0 Å². The Morgan fingerprint density at radius 2 is 0.519 bits per heavy atom. The van der Waals surface area contributed by atoms with Crippen LogP contribution >= 0.6 is 0 Å². The number of rotatable bonds is 70. The van der Waals surface area contributed by atoms with Crippen LogP contribution in [-0.2, 0) is 14.3 Å². The minimum absolute atomic E-state index is 0.0180. The van der Waals surface area contributed by atoms with Gasteiger partial charge in [-0.25, -0.2) is 0 Å². The van der Waals surface area contributed by atoms with Crippen LogP contribution in [0.4, 0.5) is 0 Å². The fraction of sp³-hybridized carbons (Fsp3) is 0.973. The molecule has 0 aromatic rings. The Hall–Kier alpha value is -1.14. The van der Waals surface area contributed by atoms with Gasteiger partial charge in [0.15, 0.2) is 0 Å². The van der Waals surface area contributed by atoms with Crippen LogP contribution < -0.4 is 5.32 Å². The van der Waals surface area contributed by atoms with E-state index in [0.29, 0.717) is 25.9 Å². The van der Waals surface area contributed by atoms with Crippen molar-refractivity contribution in [3.63, 3.8) is 0 Å². The third kappa shape index (κ3) is 65.9. The fourth-order valence-corrected chi connectivity index (χ4v) is 12.1. The molecular weight excluding hydrogens is 971 g/mol. The van der Waals surface area contributed by atoms with Crippen LogP contribution in [0.2, 0.25) is 0 Å². The molecule has 6 heteroatoms. The van der Waals surface area contributed by atoms with Crippen molar-refractivity contribution in [3.05, 3.63) is 0 Å². The van der Waals surface area contributed by atoms with Crippen molar-refractivity contribution < 1.29 is 24.5 Å². The summed E-state index contributed by atoms with van der Waals surface area (Å²) in [6.07, 6.45) is 84.4. The van der Waals surface area contributed by atoms with E-state index in [0.717, 1.165) is 38.5 Å². The first-order chi connectivity index (χ1) is 39.0. The first-order valence-corrected chi connectivity index (χ1v) is 36.8. The third-order valence-corrected chi connectivity index (χ3v) is 17.7.